The summed E-state index contributed by atoms with van der Waals surface area (Å²) < 4.78 is 1.89. The van der Waals surface area contributed by atoms with Gasteiger partial charge in [-0.15, -0.1) is 0 Å². The van der Waals surface area contributed by atoms with Crippen molar-refractivity contribution in [1.29, 1.82) is 0 Å². The van der Waals surface area contributed by atoms with Crippen molar-refractivity contribution < 1.29 is 4.79 Å². The number of amides is 2. The Morgan fingerprint density at radius 1 is 1.00 bits per heavy atom. The zero-order chi connectivity index (χ0) is 19.7. The Hall–Kier alpha value is -3.31. The summed E-state index contributed by atoms with van der Waals surface area (Å²) in [5, 5.41) is 6.40. The van der Waals surface area contributed by atoms with E-state index in [4.69, 9.17) is 16.6 Å². The summed E-state index contributed by atoms with van der Waals surface area (Å²) in [5.74, 6) is 0.621. The molecule has 28 heavy (non-hydrogen) atoms. The third-order valence-electron chi connectivity index (χ3n) is 4.52. The van der Waals surface area contributed by atoms with Crippen LogP contribution in [-0.2, 0) is 0 Å². The Balaban J connectivity index is 1.74. The molecule has 0 aliphatic carbocycles. The summed E-state index contributed by atoms with van der Waals surface area (Å²) in [6, 6.07) is 18.6. The molecule has 2 N–H and O–H groups in total. The van der Waals surface area contributed by atoms with Crippen LogP contribution in [0.4, 0.5) is 16.3 Å². The van der Waals surface area contributed by atoms with Crippen LogP contribution in [0.15, 0.2) is 66.9 Å². The number of fused-ring (bicyclic) bond motifs is 1. The summed E-state index contributed by atoms with van der Waals surface area (Å²) in [7, 11) is 0. The van der Waals surface area contributed by atoms with Crippen LogP contribution in [0.25, 0.3) is 16.9 Å². The van der Waals surface area contributed by atoms with Crippen LogP contribution in [0.3, 0.4) is 0 Å². The molecule has 5 nitrogen and oxygen atoms in total. The lowest BCUT2D eigenvalue weighted by atomic mass is 10.1. The van der Waals surface area contributed by atoms with Gasteiger partial charge < -0.3 is 5.32 Å². The van der Waals surface area contributed by atoms with Gasteiger partial charge in [-0.2, -0.15) is 0 Å². The maximum atomic E-state index is 12.6. The first-order valence-electron chi connectivity index (χ1n) is 8.89. The minimum absolute atomic E-state index is 0.348. The van der Waals surface area contributed by atoms with E-state index in [0.29, 0.717) is 16.5 Å². The van der Waals surface area contributed by atoms with Gasteiger partial charge in [0.15, 0.2) is 0 Å². The van der Waals surface area contributed by atoms with Crippen molar-refractivity contribution in [2.45, 2.75) is 13.8 Å². The molecular weight excluding hydrogens is 372 g/mol. The van der Waals surface area contributed by atoms with Crippen molar-refractivity contribution in [3.05, 3.63) is 83.0 Å². The highest BCUT2D eigenvalue weighted by molar-refractivity contribution is 6.30. The van der Waals surface area contributed by atoms with E-state index in [1.54, 1.807) is 24.3 Å². The molecule has 140 valence electrons. The summed E-state index contributed by atoms with van der Waals surface area (Å²) >= 11 is 5.90. The fourth-order valence-corrected chi connectivity index (χ4v) is 3.22. The summed E-state index contributed by atoms with van der Waals surface area (Å²) in [6.07, 6.45) is 1.91. The third-order valence-corrected chi connectivity index (χ3v) is 4.77. The molecule has 2 amide bonds. The van der Waals surface area contributed by atoms with Gasteiger partial charge in [0, 0.05) is 22.5 Å². The SMILES string of the molecule is Cc1ccn2c(NC(=O)Nc3ccc(Cl)cc3)c(-c3ccccc3C)nc2c1. The Labute approximate surface area is 168 Å². The van der Waals surface area contributed by atoms with Crippen molar-refractivity contribution in [2.24, 2.45) is 0 Å². The molecule has 2 heterocycles. The summed E-state index contributed by atoms with van der Waals surface area (Å²) in [5.41, 5.74) is 5.33. The average molecular weight is 391 g/mol. The van der Waals surface area contributed by atoms with E-state index in [1.165, 1.54) is 0 Å². The van der Waals surface area contributed by atoms with Crippen molar-refractivity contribution in [3.63, 3.8) is 0 Å². The topological polar surface area (TPSA) is 58.4 Å². The predicted molar refractivity (Wildman–Crippen MR) is 114 cm³/mol. The molecule has 0 spiro atoms. The number of carbonyl (C=O) groups excluding carboxylic acids is 1. The minimum atomic E-state index is -0.348. The highest BCUT2D eigenvalue weighted by Gasteiger charge is 2.18. The molecule has 0 unspecified atom stereocenters. The molecule has 0 saturated heterocycles. The highest BCUT2D eigenvalue weighted by atomic mass is 35.5. The number of hydrogen-bond donors (Lipinski definition) is 2. The summed E-state index contributed by atoms with van der Waals surface area (Å²) in [4.78, 5) is 17.4. The largest absolute Gasteiger partial charge is 0.324 e. The number of hydrogen-bond acceptors (Lipinski definition) is 2. The van der Waals surface area contributed by atoms with E-state index in [-0.39, 0.29) is 6.03 Å². The van der Waals surface area contributed by atoms with Crippen molar-refractivity contribution in [1.82, 2.24) is 9.38 Å². The highest BCUT2D eigenvalue weighted by Crippen LogP contribution is 2.31. The molecule has 0 fully saturated rings. The second-order valence-electron chi connectivity index (χ2n) is 6.64. The van der Waals surface area contributed by atoms with E-state index in [0.717, 1.165) is 28.0 Å². The number of pyridine rings is 1. The van der Waals surface area contributed by atoms with Crippen molar-refractivity contribution in [3.8, 4) is 11.3 Å². The fourth-order valence-electron chi connectivity index (χ4n) is 3.10. The number of carbonyl (C=O) groups is 1. The quantitative estimate of drug-likeness (QED) is 0.456. The van der Waals surface area contributed by atoms with E-state index in [9.17, 15) is 4.79 Å². The molecule has 0 saturated carbocycles. The van der Waals surface area contributed by atoms with Gasteiger partial charge in [-0.05, 0) is 61.4 Å². The first-order chi connectivity index (χ1) is 13.5. The third kappa shape index (κ3) is 3.57. The first kappa shape index (κ1) is 18.1. The van der Waals surface area contributed by atoms with Crippen LogP contribution in [0.5, 0.6) is 0 Å². The maximum Gasteiger partial charge on any atom is 0.324 e. The Morgan fingerprint density at radius 3 is 2.50 bits per heavy atom. The Bertz CT molecular complexity index is 1170. The molecule has 2 aromatic heterocycles. The monoisotopic (exact) mass is 390 g/mol. The number of imidazole rings is 1. The van der Waals surface area contributed by atoms with Crippen molar-refractivity contribution >= 4 is 34.8 Å². The van der Waals surface area contributed by atoms with Crippen LogP contribution in [0.1, 0.15) is 11.1 Å². The van der Waals surface area contributed by atoms with E-state index in [1.807, 2.05) is 60.8 Å². The van der Waals surface area contributed by atoms with E-state index in [2.05, 4.69) is 10.6 Å². The van der Waals surface area contributed by atoms with Crippen LogP contribution in [0, 0.1) is 13.8 Å². The standard InChI is InChI=1S/C22H19ClN4O/c1-14-11-12-27-19(13-14)25-20(18-6-4-3-5-15(18)2)21(27)26-22(28)24-17-9-7-16(23)8-10-17/h3-13H,1-2H3,(H2,24,26,28). The molecule has 4 rings (SSSR count). The number of aromatic nitrogens is 2. The minimum Gasteiger partial charge on any atom is -0.308 e. The Morgan fingerprint density at radius 2 is 1.75 bits per heavy atom. The molecule has 0 bridgehead atoms. The lowest BCUT2D eigenvalue weighted by molar-refractivity contribution is 0.262. The molecule has 0 aliphatic rings. The van der Waals surface area contributed by atoms with Crippen molar-refractivity contribution in [2.75, 3.05) is 10.6 Å². The van der Waals surface area contributed by atoms with Crippen LogP contribution >= 0.6 is 11.6 Å². The van der Waals surface area contributed by atoms with Gasteiger partial charge in [-0.25, -0.2) is 9.78 Å². The second-order valence-corrected chi connectivity index (χ2v) is 7.08. The van der Waals surface area contributed by atoms with Gasteiger partial charge in [-0.3, -0.25) is 9.72 Å². The lowest BCUT2D eigenvalue weighted by Crippen LogP contribution is -2.20. The molecule has 6 heteroatoms. The van der Waals surface area contributed by atoms with Crippen LogP contribution in [-0.4, -0.2) is 15.4 Å². The number of rotatable bonds is 3. The smallest absolute Gasteiger partial charge is 0.308 e. The van der Waals surface area contributed by atoms with E-state index >= 15 is 0 Å². The lowest BCUT2D eigenvalue weighted by Gasteiger charge is -2.10. The number of anilines is 2. The average Bonchev–Trinajstić information content (AvgIpc) is 3.01. The maximum absolute atomic E-state index is 12.6. The summed E-state index contributed by atoms with van der Waals surface area (Å²) in [6.45, 7) is 4.05. The molecule has 0 aliphatic heterocycles. The number of benzene rings is 2. The molecule has 0 radical (unpaired) electrons. The zero-order valence-electron chi connectivity index (χ0n) is 15.5. The molecule has 4 aromatic rings. The number of urea groups is 1. The Kier molecular flexibility index (Phi) is 4.75. The van der Waals surface area contributed by atoms with Crippen LogP contribution in [0.2, 0.25) is 5.02 Å². The number of nitrogens with zero attached hydrogens (tertiary/aromatic N) is 2. The first-order valence-corrected chi connectivity index (χ1v) is 9.27. The normalized spacial score (nSPS) is 10.8. The van der Waals surface area contributed by atoms with Gasteiger partial charge in [0.1, 0.15) is 17.2 Å². The van der Waals surface area contributed by atoms with Gasteiger partial charge in [-0.1, -0.05) is 35.9 Å². The molecule has 2 aromatic carbocycles. The van der Waals surface area contributed by atoms with Gasteiger partial charge in [0.2, 0.25) is 0 Å². The van der Waals surface area contributed by atoms with Gasteiger partial charge in [0.05, 0.1) is 0 Å². The second kappa shape index (κ2) is 7.37. The fraction of sp³-hybridized carbons (Fsp3) is 0.0909. The number of aryl methyl sites for hydroxylation is 2. The van der Waals surface area contributed by atoms with Gasteiger partial charge >= 0.3 is 6.03 Å². The predicted octanol–water partition coefficient (Wildman–Crippen LogP) is 5.92. The zero-order valence-corrected chi connectivity index (χ0v) is 16.3. The van der Waals surface area contributed by atoms with E-state index < -0.39 is 0 Å². The van der Waals surface area contributed by atoms with Crippen LogP contribution < -0.4 is 10.6 Å². The molecule has 0 atom stereocenters. The van der Waals surface area contributed by atoms with Gasteiger partial charge in [0.25, 0.3) is 0 Å². The number of halogens is 1. The number of nitrogens with one attached hydrogen (secondary N) is 2. The molecular formula is C22H19ClN4O.